The summed E-state index contributed by atoms with van der Waals surface area (Å²) >= 11 is 0. The Hall–Kier alpha value is -4.78. The maximum absolute atomic E-state index is 12.4. The second-order valence-corrected chi connectivity index (χ2v) is 7.30. The van der Waals surface area contributed by atoms with E-state index in [0.717, 1.165) is 18.2 Å². The molecule has 8 N–H and O–H groups in total. The molecule has 13 nitrogen and oxygen atoms in total. The number of carboxylic acid groups (broad SMARTS) is 3. The van der Waals surface area contributed by atoms with E-state index >= 15 is 0 Å². The zero-order valence-electron chi connectivity index (χ0n) is 19.5. The molecule has 1 aromatic rings. The van der Waals surface area contributed by atoms with Gasteiger partial charge < -0.3 is 37.0 Å². The van der Waals surface area contributed by atoms with Crippen LogP contribution in [0.3, 0.4) is 0 Å². The van der Waals surface area contributed by atoms with E-state index in [0.29, 0.717) is 6.42 Å². The van der Waals surface area contributed by atoms with Crippen LogP contribution in [0.1, 0.15) is 26.7 Å². The van der Waals surface area contributed by atoms with E-state index in [1.165, 1.54) is 25.1 Å². The minimum atomic E-state index is -1.39. The van der Waals surface area contributed by atoms with Crippen molar-refractivity contribution in [3.8, 4) is 0 Å². The summed E-state index contributed by atoms with van der Waals surface area (Å²) in [5.41, 5.74) is 4.62. The summed E-state index contributed by atoms with van der Waals surface area (Å²) < 4.78 is 0. The standard InChI is InChI=1S/C23H26N4O9/c1-3-4-13(22(33)34)6-19(29)26-16-8-15(25-18(28)5-12(2)21(31)32)9-17(10-16)27-20(30)7-14(11-24)23(35)36/h5-10H,3-4,11,24H2,1-2H3,(H,25,28)(H,26,29)(H,27,30)(H,31,32)(H,33,34)(H,35,36)/b12-5-,13-6-,14-7-. The van der Waals surface area contributed by atoms with Gasteiger partial charge in [0.05, 0.1) is 5.57 Å². The molecule has 3 amide bonds. The molecule has 1 aromatic carbocycles. The number of amides is 3. The van der Waals surface area contributed by atoms with Crippen LogP contribution in [0, 0.1) is 0 Å². The minimum Gasteiger partial charge on any atom is -0.478 e. The van der Waals surface area contributed by atoms with Gasteiger partial charge in [0.1, 0.15) is 0 Å². The Balaban J connectivity index is 3.34. The lowest BCUT2D eigenvalue weighted by Gasteiger charge is -2.12. The highest BCUT2D eigenvalue weighted by Crippen LogP contribution is 2.24. The quantitative estimate of drug-likeness (QED) is 0.203. The van der Waals surface area contributed by atoms with Crippen molar-refractivity contribution in [2.45, 2.75) is 26.7 Å². The first-order valence-corrected chi connectivity index (χ1v) is 10.4. The molecule has 192 valence electrons. The normalized spacial score (nSPS) is 11.9. The minimum absolute atomic E-state index is 0.0149. The number of hydrogen-bond acceptors (Lipinski definition) is 7. The van der Waals surface area contributed by atoms with Crippen LogP contribution in [0.15, 0.2) is 53.1 Å². The fraction of sp³-hybridized carbons (Fsp3) is 0.217. The van der Waals surface area contributed by atoms with Crippen molar-refractivity contribution in [2.24, 2.45) is 5.73 Å². The molecule has 0 saturated carbocycles. The highest BCUT2D eigenvalue weighted by molar-refractivity contribution is 6.08. The van der Waals surface area contributed by atoms with Crippen molar-refractivity contribution in [1.82, 2.24) is 0 Å². The monoisotopic (exact) mass is 502 g/mol. The van der Waals surface area contributed by atoms with Crippen LogP contribution in [0.25, 0.3) is 0 Å². The third kappa shape index (κ3) is 10.0. The number of nitrogens with one attached hydrogen (secondary N) is 3. The first-order chi connectivity index (χ1) is 16.9. The summed E-state index contributed by atoms with van der Waals surface area (Å²) in [6.45, 7) is 2.54. The van der Waals surface area contributed by atoms with E-state index in [4.69, 9.17) is 15.9 Å². The van der Waals surface area contributed by atoms with Crippen molar-refractivity contribution >= 4 is 52.7 Å². The van der Waals surface area contributed by atoms with Crippen molar-refractivity contribution in [3.05, 3.63) is 53.1 Å². The molecule has 36 heavy (non-hydrogen) atoms. The van der Waals surface area contributed by atoms with Crippen molar-refractivity contribution in [3.63, 3.8) is 0 Å². The molecule has 0 bridgehead atoms. The number of benzene rings is 1. The van der Waals surface area contributed by atoms with Gasteiger partial charge in [0.15, 0.2) is 0 Å². The van der Waals surface area contributed by atoms with Crippen LogP contribution in [-0.2, 0) is 28.8 Å². The highest BCUT2D eigenvalue weighted by Gasteiger charge is 2.13. The number of carbonyl (C=O) groups is 6. The number of anilines is 3. The van der Waals surface area contributed by atoms with Gasteiger partial charge in [-0.15, -0.1) is 0 Å². The lowest BCUT2D eigenvalue weighted by Crippen LogP contribution is -2.18. The molecule has 0 aliphatic carbocycles. The Bertz CT molecular complexity index is 1170. The first kappa shape index (κ1) is 29.3. The van der Waals surface area contributed by atoms with Crippen LogP contribution in [-0.4, -0.2) is 57.5 Å². The molecule has 0 saturated heterocycles. The van der Waals surface area contributed by atoms with Crippen LogP contribution >= 0.6 is 0 Å². The maximum atomic E-state index is 12.4. The summed E-state index contributed by atoms with van der Waals surface area (Å²) in [7, 11) is 0. The Morgan fingerprint density at radius 1 is 0.722 bits per heavy atom. The van der Waals surface area contributed by atoms with Gasteiger partial charge in [0.2, 0.25) is 17.7 Å². The fourth-order valence-corrected chi connectivity index (χ4v) is 2.67. The number of aliphatic carboxylic acids is 3. The van der Waals surface area contributed by atoms with Crippen molar-refractivity contribution in [2.75, 3.05) is 22.5 Å². The molecule has 0 radical (unpaired) electrons. The lowest BCUT2D eigenvalue weighted by molar-refractivity contribution is -0.133. The molecular weight excluding hydrogens is 476 g/mol. The number of nitrogens with two attached hydrogens (primary N) is 1. The smallest absolute Gasteiger partial charge is 0.333 e. The number of rotatable bonds is 12. The van der Waals surface area contributed by atoms with Gasteiger partial charge in [0.25, 0.3) is 0 Å². The molecular formula is C23H26N4O9. The fourth-order valence-electron chi connectivity index (χ4n) is 2.67. The zero-order valence-corrected chi connectivity index (χ0v) is 19.5. The van der Waals surface area contributed by atoms with E-state index in [-0.39, 0.29) is 40.2 Å². The predicted molar refractivity (Wildman–Crippen MR) is 129 cm³/mol. The number of hydrogen-bond donors (Lipinski definition) is 7. The summed E-state index contributed by atoms with van der Waals surface area (Å²) in [4.78, 5) is 70.0. The molecule has 0 fully saturated rings. The average Bonchev–Trinajstić information content (AvgIpc) is 2.76. The van der Waals surface area contributed by atoms with E-state index in [9.17, 15) is 33.9 Å². The third-order valence-corrected chi connectivity index (χ3v) is 4.32. The van der Waals surface area contributed by atoms with E-state index in [1.807, 2.05) is 0 Å². The summed E-state index contributed by atoms with van der Waals surface area (Å²) in [6, 6.07) is 3.82. The van der Waals surface area contributed by atoms with Gasteiger partial charge in [-0.05, 0) is 31.5 Å². The van der Waals surface area contributed by atoms with E-state index in [2.05, 4.69) is 16.0 Å². The van der Waals surface area contributed by atoms with E-state index < -0.39 is 42.2 Å². The molecule has 1 rings (SSSR count). The van der Waals surface area contributed by atoms with Crippen molar-refractivity contribution in [1.29, 1.82) is 0 Å². The van der Waals surface area contributed by atoms with Gasteiger partial charge >= 0.3 is 17.9 Å². The number of carbonyl (C=O) groups excluding carboxylic acids is 3. The lowest BCUT2D eigenvalue weighted by atomic mass is 10.1. The van der Waals surface area contributed by atoms with Gasteiger partial charge in [0, 0.05) is 53.0 Å². The molecule has 0 atom stereocenters. The van der Waals surface area contributed by atoms with Crippen LogP contribution < -0.4 is 21.7 Å². The second-order valence-electron chi connectivity index (χ2n) is 7.30. The third-order valence-electron chi connectivity index (χ3n) is 4.32. The van der Waals surface area contributed by atoms with Gasteiger partial charge in [-0.25, -0.2) is 14.4 Å². The second kappa shape index (κ2) is 13.8. The molecule has 0 aliphatic heterocycles. The van der Waals surface area contributed by atoms with Gasteiger partial charge in [-0.3, -0.25) is 14.4 Å². The van der Waals surface area contributed by atoms with Crippen LogP contribution in [0.5, 0.6) is 0 Å². The molecule has 0 spiro atoms. The molecule has 13 heteroatoms. The van der Waals surface area contributed by atoms with Gasteiger partial charge in [-0.2, -0.15) is 0 Å². The van der Waals surface area contributed by atoms with Crippen molar-refractivity contribution < 1.29 is 44.1 Å². The SMILES string of the molecule is CCC/C(=C/C(=O)Nc1cc(NC(=O)/C=C(/C)C(=O)O)cc(NC(=O)/C=C(/CN)C(=O)O)c1)C(=O)O. The van der Waals surface area contributed by atoms with Gasteiger partial charge in [-0.1, -0.05) is 13.3 Å². The molecule has 0 aliphatic rings. The topological polar surface area (TPSA) is 225 Å². The van der Waals surface area contributed by atoms with E-state index in [1.54, 1.807) is 6.92 Å². The Kier molecular flexibility index (Phi) is 11.2. The molecule has 0 unspecified atom stereocenters. The largest absolute Gasteiger partial charge is 0.478 e. The predicted octanol–water partition coefficient (Wildman–Crippen LogP) is 1.31. The zero-order chi connectivity index (χ0) is 27.4. The summed E-state index contributed by atoms with van der Waals surface area (Å²) in [5.74, 6) is -6.44. The number of carboxylic acids is 3. The Morgan fingerprint density at radius 2 is 1.11 bits per heavy atom. The Labute approximate surface area is 205 Å². The average molecular weight is 502 g/mol. The van der Waals surface area contributed by atoms with Crippen LogP contribution in [0.2, 0.25) is 0 Å². The summed E-state index contributed by atoms with van der Waals surface area (Å²) in [5, 5.41) is 34.3. The summed E-state index contributed by atoms with van der Waals surface area (Å²) in [6.07, 6.45) is 3.12. The Morgan fingerprint density at radius 3 is 1.44 bits per heavy atom. The highest BCUT2D eigenvalue weighted by atomic mass is 16.4. The first-order valence-electron chi connectivity index (χ1n) is 10.4. The van der Waals surface area contributed by atoms with Crippen LogP contribution in [0.4, 0.5) is 17.1 Å². The maximum Gasteiger partial charge on any atom is 0.333 e. The molecule has 0 aromatic heterocycles. The molecule has 0 heterocycles.